The number of nitrogens with one attached hydrogen (secondary N) is 1. The van der Waals surface area contributed by atoms with Crippen LogP contribution in [0.25, 0.3) is 0 Å². The number of amides is 1. The fourth-order valence-electron chi connectivity index (χ4n) is 3.43. The Hall–Kier alpha value is -1.55. The zero-order valence-corrected chi connectivity index (χ0v) is 11.9. The first-order valence-electron chi connectivity index (χ1n) is 7.49. The second-order valence-electron chi connectivity index (χ2n) is 5.95. The molecule has 4 heteroatoms. The molecule has 2 N–H and O–H groups in total. The Morgan fingerprint density at radius 2 is 2.30 bits per heavy atom. The summed E-state index contributed by atoms with van der Waals surface area (Å²) in [6.07, 6.45) is 3.64. The Bertz CT molecular complexity index is 515. The van der Waals surface area contributed by atoms with E-state index in [0.717, 1.165) is 37.9 Å². The molecule has 1 saturated heterocycles. The van der Waals surface area contributed by atoms with Gasteiger partial charge in [-0.1, -0.05) is 12.1 Å². The minimum absolute atomic E-state index is 0.273. The summed E-state index contributed by atoms with van der Waals surface area (Å²) in [5, 5.41) is 13.5. The van der Waals surface area contributed by atoms with Gasteiger partial charge >= 0.3 is 0 Å². The average molecular weight is 274 g/mol. The first-order valence-corrected chi connectivity index (χ1v) is 7.49. The van der Waals surface area contributed by atoms with E-state index in [4.69, 9.17) is 0 Å². The summed E-state index contributed by atoms with van der Waals surface area (Å²) in [4.78, 5) is 13.6. The molecule has 1 aromatic rings. The summed E-state index contributed by atoms with van der Waals surface area (Å²) in [5.74, 6) is 0.692. The van der Waals surface area contributed by atoms with Gasteiger partial charge in [0.15, 0.2) is 0 Å². The molecule has 108 valence electrons. The van der Waals surface area contributed by atoms with Gasteiger partial charge in [-0.25, -0.2) is 0 Å². The van der Waals surface area contributed by atoms with E-state index in [9.17, 15) is 9.90 Å². The van der Waals surface area contributed by atoms with Crippen LogP contribution >= 0.6 is 0 Å². The highest BCUT2D eigenvalue weighted by molar-refractivity contribution is 5.78. The maximum absolute atomic E-state index is 11.7. The molecule has 0 radical (unpaired) electrons. The smallest absolute Gasteiger partial charge is 0.222 e. The molecule has 3 rings (SSSR count). The molecule has 1 fully saturated rings. The lowest BCUT2D eigenvalue weighted by atomic mass is 10.1. The van der Waals surface area contributed by atoms with E-state index >= 15 is 0 Å². The quantitative estimate of drug-likeness (QED) is 0.882. The molecule has 1 amide bonds. The summed E-state index contributed by atoms with van der Waals surface area (Å²) in [6, 6.07) is 6.32. The largest absolute Gasteiger partial charge is 0.508 e. The fourth-order valence-corrected chi connectivity index (χ4v) is 3.43. The maximum Gasteiger partial charge on any atom is 0.222 e. The zero-order valence-electron chi connectivity index (χ0n) is 11.9. The van der Waals surface area contributed by atoms with Gasteiger partial charge in [-0.05, 0) is 43.4 Å². The van der Waals surface area contributed by atoms with Gasteiger partial charge in [0.05, 0.1) is 0 Å². The standard InChI is InChI=1S/C16H22N2O2/c1-11(10-18-9-3-6-16(18)20)17-14-8-7-13-12(14)4-2-5-15(13)19/h2,4-5,11,14,17,19H,3,6-10H2,1H3. The first-order chi connectivity index (χ1) is 9.65. The molecule has 2 aliphatic rings. The molecule has 1 aliphatic heterocycles. The van der Waals surface area contributed by atoms with Crippen molar-refractivity contribution >= 4 is 5.91 Å². The molecule has 1 aliphatic carbocycles. The Kier molecular flexibility index (Phi) is 3.66. The van der Waals surface area contributed by atoms with Crippen molar-refractivity contribution in [2.45, 2.75) is 44.7 Å². The van der Waals surface area contributed by atoms with E-state index in [0.29, 0.717) is 18.2 Å². The van der Waals surface area contributed by atoms with Crippen LogP contribution in [0.1, 0.15) is 43.4 Å². The van der Waals surface area contributed by atoms with Gasteiger partial charge in [0.2, 0.25) is 5.91 Å². The van der Waals surface area contributed by atoms with Crippen molar-refractivity contribution in [3.8, 4) is 5.75 Å². The van der Waals surface area contributed by atoms with Crippen LogP contribution in [-0.4, -0.2) is 35.0 Å². The number of hydrogen-bond donors (Lipinski definition) is 2. The van der Waals surface area contributed by atoms with Crippen molar-refractivity contribution in [3.63, 3.8) is 0 Å². The molecule has 0 saturated carbocycles. The number of fused-ring (bicyclic) bond motifs is 1. The molecule has 2 atom stereocenters. The van der Waals surface area contributed by atoms with Crippen LogP contribution in [-0.2, 0) is 11.2 Å². The van der Waals surface area contributed by atoms with E-state index in [1.807, 2.05) is 11.0 Å². The Labute approximate surface area is 119 Å². The van der Waals surface area contributed by atoms with Crippen molar-refractivity contribution in [1.29, 1.82) is 0 Å². The number of hydrogen-bond acceptors (Lipinski definition) is 3. The lowest BCUT2D eigenvalue weighted by molar-refractivity contribution is -0.127. The normalized spacial score (nSPS) is 23.1. The summed E-state index contributed by atoms with van der Waals surface area (Å²) >= 11 is 0. The lowest BCUT2D eigenvalue weighted by Gasteiger charge is -2.25. The summed E-state index contributed by atoms with van der Waals surface area (Å²) in [5.41, 5.74) is 2.29. The van der Waals surface area contributed by atoms with E-state index < -0.39 is 0 Å². The highest BCUT2D eigenvalue weighted by Gasteiger charge is 2.27. The number of phenolic OH excluding ortho intramolecular Hbond substituents is 1. The van der Waals surface area contributed by atoms with E-state index in [2.05, 4.69) is 18.3 Å². The number of carbonyl (C=O) groups excluding carboxylic acids is 1. The number of rotatable bonds is 4. The van der Waals surface area contributed by atoms with Crippen molar-refractivity contribution in [2.24, 2.45) is 0 Å². The maximum atomic E-state index is 11.7. The topological polar surface area (TPSA) is 52.6 Å². The average Bonchev–Trinajstić information content (AvgIpc) is 2.99. The van der Waals surface area contributed by atoms with E-state index in [1.54, 1.807) is 6.07 Å². The van der Waals surface area contributed by atoms with Gasteiger partial charge in [-0.3, -0.25) is 4.79 Å². The second-order valence-corrected chi connectivity index (χ2v) is 5.95. The number of carbonyl (C=O) groups is 1. The number of likely N-dealkylation sites (tertiary alicyclic amines) is 1. The van der Waals surface area contributed by atoms with E-state index in [1.165, 1.54) is 5.56 Å². The molecule has 2 unspecified atom stereocenters. The molecule has 0 spiro atoms. The Balaban J connectivity index is 1.62. The first kappa shape index (κ1) is 13.4. The fraction of sp³-hybridized carbons (Fsp3) is 0.562. The molecule has 0 bridgehead atoms. The molecular formula is C16H22N2O2. The predicted molar refractivity (Wildman–Crippen MR) is 77.6 cm³/mol. The van der Waals surface area contributed by atoms with Gasteiger partial charge < -0.3 is 15.3 Å². The van der Waals surface area contributed by atoms with Gasteiger partial charge in [0.1, 0.15) is 5.75 Å². The Morgan fingerprint density at radius 1 is 1.45 bits per heavy atom. The molecular weight excluding hydrogens is 252 g/mol. The SMILES string of the molecule is CC(CN1CCCC1=O)NC1CCc2c(O)cccc21. The van der Waals surface area contributed by atoms with Gasteiger partial charge in [0.25, 0.3) is 0 Å². The summed E-state index contributed by atoms with van der Waals surface area (Å²) in [6.45, 7) is 3.81. The van der Waals surface area contributed by atoms with Gasteiger partial charge in [-0.15, -0.1) is 0 Å². The Morgan fingerprint density at radius 3 is 3.05 bits per heavy atom. The number of nitrogens with zero attached hydrogens (tertiary/aromatic N) is 1. The third-order valence-corrected chi connectivity index (χ3v) is 4.40. The van der Waals surface area contributed by atoms with Crippen LogP contribution in [0.3, 0.4) is 0 Å². The zero-order chi connectivity index (χ0) is 14.1. The minimum atomic E-state index is 0.273. The number of benzene rings is 1. The van der Waals surface area contributed by atoms with Gasteiger partial charge in [-0.2, -0.15) is 0 Å². The number of phenols is 1. The molecule has 20 heavy (non-hydrogen) atoms. The molecule has 4 nitrogen and oxygen atoms in total. The van der Waals surface area contributed by atoms with Crippen LogP contribution in [0.4, 0.5) is 0 Å². The predicted octanol–water partition coefficient (Wildman–Crippen LogP) is 1.98. The van der Waals surface area contributed by atoms with Crippen LogP contribution in [0.2, 0.25) is 0 Å². The van der Waals surface area contributed by atoms with Crippen LogP contribution < -0.4 is 5.32 Å². The second kappa shape index (κ2) is 5.44. The van der Waals surface area contributed by atoms with Crippen LogP contribution in [0.15, 0.2) is 18.2 Å². The van der Waals surface area contributed by atoms with Crippen LogP contribution in [0.5, 0.6) is 5.75 Å². The van der Waals surface area contributed by atoms with Crippen molar-refractivity contribution in [3.05, 3.63) is 29.3 Å². The third-order valence-electron chi connectivity index (χ3n) is 4.40. The monoisotopic (exact) mass is 274 g/mol. The lowest BCUT2D eigenvalue weighted by Crippen LogP contribution is -2.40. The molecule has 0 aromatic heterocycles. The highest BCUT2D eigenvalue weighted by atomic mass is 16.3. The van der Waals surface area contributed by atoms with Crippen molar-refractivity contribution < 1.29 is 9.90 Å². The molecule has 1 aromatic carbocycles. The highest BCUT2D eigenvalue weighted by Crippen LogP contribution is 2.36. The van der Waals surface area contributed by atoms with Crippen molar-refractivity contribution in [1.82, 2.24) is 10.2 Å². The van der Waals surface area contributed by atoms with Crippen molar-refractivity contribution in [2.75, 3.05) is 13.1 Å². The van der Waals surface area contributed by atoms with E-state index in [-0.39, 0.29) is 11.9 Å². The number of aromatic hydroxyl groups is 1. The summed E-state index contributed by atoms with van der Waals surface area (Å²) in [7, 11) is 0. The molecule has 1 heterocycles. The van der Waals surface area contributed by atoms with Gasteiger partial charge in [0, 0.05) is 31.6 Å². The van der Waals surface area contributed by atoms with Crippen LogP contribution in [0, 0.1) is 0 Å². The summed E-state index contributed by atoms with van der Waals surface area (Å²) < 4.78 is 0. The minimum Gasteiger partial charge on any atom is -0.508 e. The third kappa shape index (κ3) is 2.52.